The lowest BCUT2D eigenvalue weighted by Gasteiger charge is -2.13. The molecule has 1 aromatic heterocycles. The van der Waals surface area contributed by atoms with E-state index in [9.17, 15) is 4.79 Å². The number of carbonyl (C=O) groups excluding carboxylic acids is 1. The van der Waals surface area contributed by atoms with Crippen molar-refractivity contribution >= 4 is 16.9 Å². The lowest BCUT2D eigenvalue weighted by Crippen LogP contribution is -2.25. The van der Waals surface area contributed by atoms with E-state index in [1.165, 1.54) is 0 Å². The molecule has 0 atom stereocenters. The van der Waals surface area contributed by atoms with E-state index in [1.54, 1.807) is 14.0 Å². The van der Waals surface area contributed by atoms with Crippen molar-refractivity contribution in [2.45, 2.75) is 45.6 Å². The van der Waals surface area contributed by atoms with Crippen LogP contribution in [0.1, 0.15) is 37.6 Å². The summed E-state index contributed by atoms with van der Waals surface area (Å²) in [6.07, 6.45) is 6.19. The Morgan fingerprint density at radius 1 is 1.15 bits per heavy atom. The van der Waals surface area contributed by atoms with Gasteiger partial charge in [0.05, 0.1) is 24.8 Å². The Morgan fingerprint density at radius 3 is 2.74 bits per heavy atom. The highest BCUT2D eigenvalue weighted by Crippen LogP contribution is 2.28. The molecule has 2 aromatic carbocycles. The molecular weight excluding hydrogens is 426 g/mol. The van der Waals surface area contributed by atoms with Gasteiger partial charge in [0.25, 0.3) is 0 Å². The van der Waals surface area contributed by atoms with Gasteiger partial charge in [0.2, 0.25) is 5.91 Å². The van der Waals surface area contributed by atoms with Gasteiger partial charge < -0.3 is 19.4 Å². The highest BCUT2D eigenvalue weighted by Gasteiger charge is 2.11. The summed E-state index contributed by atoms with van der Waals surface area (Å²) in [4.78, 5) is 16.5. The SMILES string of the molecule is C=CCc1ccc(OCCCCn2c(CCCNC(=O)C(=C)C)nc3ccccc32)c(OC)c1. The first-order valence-corrected chi connectivity index (χ1v) is 11.8. The summed E-state index contributed by atoms with van der Waals surface area (Å²) in [5.41, 5.74) is 3.82. The van der Waals surface area contributed by atoms with Crippen molar-refractivity contribution in [3.8, 4) is 11.5 Å². The van der Waals surface area contributed by atoms with Crippen molar-refractivity contribution in [1.82, 2.24) is 14.9 Å². The summed E-state index contributed by atoms with van der Waals surface area (Å²) in [6.45, 7) is 11.3. The molecule has 1 amide bonds. The first-order valence-electron chi connectivity index (χ1n) is 11.8. The second-order valence-electron chi connectivity index (χ2n) is 8.34. The number of aromatic nitrogens is 2. The average molecular weight is 462 g/mol. The summed E-state index contributed by atoms with van der Waals surface area (Å²) in [6, 6.07) is 14.2. The molecule has 0 unspecified atom stereocenters. The number of benzene rings is 2. The van der Waals surface area contributed by atoms with Crippen LogP contribution in [0.15, 0.2) is 67.3 Å². The van der Waals surface area contributed by atoms with Crippen molar-refractivity contribution < 1.29 is 14.3 Å². The van der Waals surface area contributed by atoms with E-state index in [1.807, 2.05) is 42.5 Å². The number of allylic oxidation sites excluding steroid dienone is 1. The van der Waals surface area contributed by atoms with E-state index in [2.05, 4.69) is 29.1 Å². The van der Waals surface area contributed by atoms with Crippen molar-refractivity contribution in [2.24, 2.45) is 0 Å². The van der Waals surface area contributed by atoms with Gasteiger partial charge in [-0.2, -0.15) is 0 Å². The van der Waals surface area contributed by atoms with E-state index in [-0.39, 0.29) is 5.91 Å². The van der Waals surface area contributed by atoms with Gasteiger partial charge in [0, 0.05) is 25.1 Å². The van der Waals surface area contributed by atoms with Gasteiger partial charge in [-0.25, -0.2) is 4.98 Å². The number of nitrogens with zero attached hydrogens (tertiary/aromatic N) is 2. The predicted molar refractivity (Wildman–Crippen MR) is 138 cm³/mol. The molecule has 6 heteroatoms. The fraction of sp³-hybridized carbons (Fsp3) is 0.357. The van der Waals surface area contributed by atoms with E-state index >= 15 is 0 Å². The van der Waals surface area contributed by atoms with Crippen LogP contribution in [0.4, 0.5) is 0 Å². The average Bonchev–Trinajstić information content (AvgIpc) is 3.19. The Morgan fingerprint density at radius 2 is 1.97 bits per heavy atom. The minimum Gasteiger partial charge on any atom is -0.493 e. The Bertz CT molecular complexity index is 1130. The number of ether oxygens (including phenoxy) is 2. The zero-order valence-corrected chi connectivity index (χ0v) is 20.3. The van der Waals surface area contributed by atoms with Gasteiger partial charge in [0.15, 0.2) is 11.5 Å². The van der Waals surface area contributed by atoms with Crippen LogP contribution >= 0.6 is 0 Å². The molecule has 0 saturated heterocycles. The third kappa shape index (κ3) is 6.73. The molecule has 0 fully saturated rings. The number of hydrogen-bond acceptors (Lipinski definition) is 4. The standard InChI is InChI=1S/C28H35N3O3/c1-5-11-22-15-16-25(26(20-22)33-4)34-19-9-8-18-31-24-13-7-6-12-23(24)30-27(31)14-10-17-29-28(32)21(2)3/h5-7,12-13,15-16,20H,1-2,8-11,14,17-19H2,3-4H3,(H,29,32). The van der Waals surface area contributed by atoms with Gasteiger partial charge in [-0.05, 0) is 62.4 Å². The second kappa shape index (κ2) is 12.6. The van der Waals surface area contributed by atoms with Crippen LogP contribution < -0.4 is 14.8 Å². The van der Waals surface area contributed by atoms with E-state index < -0.39 is 0 Å². The molecule has 34 heavy (non-hydrogen) atoms. The van der Waals surface area contributed by atoms with Gasteiger partial charge in [-0.1, -0.05) is 30.9 Å². The monoisotopic (exact) mass is 461 g/mol. The molecule has 0 radical (unpaired) electrons. The Hall–Kier alpha value is -3.54. The maximum atomic E-state index is 11.7. The van der Waals surface area contributed by atoms with E-state index in [0.29, 0.717) is 18.7 Å². The number of para-hydroxylation sites is 2. The Labute approximate surface area is 202 Å². The van der Waals surface area contributed by atoms with E-state index in [0.717, 1.165) is 72.6 Å². The first kappa shape index (κ1) is 25.1. The fourth-order valence-electron chi connectivity index (χ4n) is 3.84. The summed E-state index contributed by atoms with van der Waals surface area (Å²) in [5.74, 6) is 2.47. The number of methoxy groups -OCH3 is 1. The number of aryl methyl sites for hydroxylation is 2. The number of nitrogens with one attached hydrogen (secondary N) is 1. The molecule has 3 rings (SSSR count). The molecule has 0 aliphatic heterocycles. The molecule has 1 N–H and O–H groups in total. The number of imidazole rings is 1. The molecule has 0 bridgehead atoms. The maximum absolute atomic E-state index is 11.7. The van der Waals surface area contributed by atoms with Crippen LogP contribution in [-0.2, 0) is 24.2 Å². The van der Waals surface area contributed by atoms with Crippen molar-refractivity contribution in [3.05, 3.63) is 78.7 Å². The van der Waals surface area contributed by atoms with Gasteiger partial charge in [-0.3, -0.25) is 4.79 Å². The number of rotatable bonds is 14. The minimum absolute atomic E-state index is 0.0968. The predicted octanol–water partition coefficient (Wildman–Crippen LogP) is 5.26. The van der Waals surface area contributed by atoms with Crippen LogP contribution in [0.2, 0.25) is 0 Å². The Kier molecular flexibility index (Phi) is 9.32. The van der Waals surface area contributed by atoms with Crippen LogP contribution in [-0.4, -0.2) is 35.7 Å². The third-order valence-electron chi connectivity index (χ3n) is 5.63. The van der Waals surface area contributed by atoms with Gasteiger partial charge >= 0.3 is 0 Å². The largest absolute Gasteiger partial charge is 0.493 e. The quantitative estimate of drug-likeness (QED) is 0.202. The highest BCUT2D eigenvalue weighted by atomic mass is 16.5. The Balaban J connectivity index is 1.54. The summed E-state index contributed by atoms with van der Waals surface area (Å²) < 4.78 is 13.8. The molecular formula is C28H35N3O3. The highest BCUT2D eigenvalue weighted by molar-refractivity contribution is 5.92. The number of unbranched alkanes of at least 4 members (excludes halogenated alkanes) is 1. The van der Waals surface area contributed by atoms with Crippen LogP contribution in [0.5, 0.6) is 11.5 Å². The molecule has 180 valence electrons. The molecule has 3 aromatic rings. The van der Waals surface area contributed by atoms with Crippen LogP contribution in [0.25, 0.3) is 11.0 Å². The first-order chi connectivity index (χ1) is 16.5. The van der Waals surface area contributed by atoms with Crippen molar-refractivity contribution in [2.75, 3.05) is 20.3 Å². The molecule has 0 aliphatic carbocycles. The molecule has 0 spiro atoms. The lowest BCUT2D eigenvalue weighted by molar-refractivity contribution is -0.117. The number of amides is 1. The normalized spacial score (nSPS) is 10.8. The van der Waals surface area contributed by atoms with E-state index in [4.69, 9.17) is 14.5 Å². The maximum Gasteiger partial charge on any atom is 0.246 e. The third-order valence-corrected chi connectivity index (χ3v) is 5.63. The van der Waals surface area contributed by atoms with Gasteiger partial charge in [-0.15, -0.1) is 6.58 Å². The number of carbonyl (C=O) groups is 1. The topological polar surface area (TPSA) is 65.4 Å². The van der Waals surface area contributed by atoms with Crippen molar-refractivity contribution in [3.63, 3.8) is 0 Å². The van der Waals surface area contributed by atoms with Crippen molar-refractivity contribution in [1.29, 1.82) is 0 Å². The summed E-state index contributed by atoms with van der Waals surface area (Å²) in [7, 11) is 1.66. The molecule has 0 aliphatic rings. The summed E-state index contributed by atoms with van der Waals surface area (Å²) >= 11 is 0. The minimum atomic E-state index is -0.0968. The number of hydrogen-bond donors (Lipinski definition) is 1. The van der Waals surface area contributed by atoms with Gasteiger partial charge in [0.1, 0.15) is 5.82 Å². The smallest absolute Gasteiger partial charge is 0.246 e. The lowest BCUT2D eigenvalue weighted by atomic mass is 10.1. The van der Waals surface area contributed by atoms with Crippen LogP contribution in [0.3, 0.4) is 0 Å². The number of fused-ring (bicyclic) bond motifs is 1. The summed E-state index contributed by atoms with van der Waals surface area (Å²) in [5, 5.41) is 2.89. The molecule has 0 saturated carbocycles. The molecule has 6 nitrogen and oxygen atoms in total. The molecule has 1 heterocycles. The second-order valence-corrected chi connectivity index (χ2v) is 8.34. The fourth-order valence-corrected chi connectivity index (χ4v) is 3.84. The zero-order valence-electron chi connectivity index (χ0n) is 20.3. The zero-order chi connectivity index (χ0) is 24.3. The van der Waals surface area contributed by atoms with Crippen LogP contribution in [0, 0.1) is 0 Å².